The van der Waals surface area contributed by atoms with Crippen LogP contribution in [0, 0.1) is 5.82 Å². The van der Waals surface area contributed by atoms with Gasteiger partial charge in [-0.15, -0.1) is 5.10 Å². The van der Waals surface area contributed by atoms with E-state index in [1.807, 2.05) is 70.2 Å². The SMILES string of the molecule is O=C(Nc1ccccc1)N1CCc2c(c(-c3ccccc3)nn2Cc2cn(-c3ccc(F)c(Cl)c3)nn2)C1. The van der Waals surface area contributed by atoms with Crippen LogP contribution in [0.2, 0.25) is 5.02 Å². The topological polar surface area (TPSA) is 80.9 Å². The first kappa shape index (κ1) is 23.9. The number of aromatic nitrogens is 5. The van der Waals surface area contributed by atoms with Crippen molar-refractivity contribution >= 4 is 23.3 Å². The number of anilines is 1. The average Bonchev–Trinajstić information content (AvgIpc) is 3.56. The molecule has 3 aromatic carbocycles. The molecule has 38 heavy (non-hydrogen) atoms. The first-order valence-corrected chi connectivity index (χ1v) is 12.5. The van der Waals surface area contributed by atoms with Crippen molar-refractivity contribution in [2.75, 3.05) is 11.9 Å². The van der Waals surface area contributed by atoms with Crippen LogP contribution >= 0.6 is 11.6 Å². The van der Waals surface area contributed by atoms with Gasteiger partial charge in [0.05, 0.1) is 35.7 Å². The predicted molar refractivity (Wildman–Crippen MR) is 143 cm³/mol. The van der Waals surface area contributed by atoms with E-state index in [2.05, 4.69) is 15.6 Å². The number of carbonyl (C=O) groups excluding carboxylic acids is 1. The average molecular weight is 528 g/mol. The van der Waals surface area contributed by atoms with Crippen LogP contribution in [0.1, 0.15) is 17.0 Å². The highest BCUT2D eigenvalue weighted by Crippen LogP contribution is 2.31. The van der Waals surface area contributed by atoms with Gasteiger partial charge >= 0.3 is 6.03 Å². The Kier molecular flexibility index (Phi) is 6.35. The van der Waals surface area contributed by atoms with Gasteiger partial charge in [0.2, 0.25) is 0 Å². The van der Waals surface area contributed by atoms with E-state index in [4.69, 9.17) is 16.7 Å². The molecule has 0 saturated carbocycles. The lowest BCUT2D eigenvalue weighted by atomic mass is 10.0. The minimum absolute atomic E-state index is 0.0223. The summed E-state index contributed by atoms with van der Waals surface area (Å²) in [7, 11) is 0. The first-order valence-electron chi connectivity index (χ1n) is 12.2. The molecule has 5 aromatic rings. The molecule has 0 aliphatic carbocycles. The molecule has 6 rings (SSSR count). The smallest absolute Gasteiger partial charge is 0.320 e. The number of rotatable bonds is 5. The van der Waals surface area contributed by atoms with Crippen molar-refractivity contribution in [3.63, 3.8) is 0 Å². The van der Waals surface area contributed by atoms with E-state index in [0.29, 0.717) is 37.4 Å². The molecule has 0 saturated heterocycles. The van der Waals surface area contributed by atoms with Gasteiger partial charge in [0, 0.05) is 35.5 Å². The van der Waals surface area contributed by atoms with Gasteiger partial charge in [0.1, 0.15) is 11.5 Å². The number of urea groups is 1. The van der Waals surface area contributed by atoms with E-state index in [1.165, 1.54) is 12.1 Å². The Balaban J connectivity index is 1.29. The number of para-hydroxylation sites is 1. The van der Waals surface area contributed by atoms with Crippen molar-refractivity contribution in [3.05, 3.63) is 113 Å². The molecule has 0 unspecified atom stereocenters. The van der Waals surface area contributed by atoms with E-state index >= 15 is 0 Å². The first-order chi connectivity index (χ1) is 18.5. The number of hydrogen-bond donors (Lipinski definition) is 1. The Morgan fingerprint density at radius 1 is 1.03 bits per heavy atom. The fraction of sp³-hybridized carbons (Fsp3) is 0.143. The number of benzene rings is 3. The molecule has 0 fully saturated rings. The lowest BCUT2D eigenvalue weighted by Crippen LogP contribution is -2.39. The Morgan fingerprint density at radius 2 is 1.79 bits per heavy atom. The summed E-state index contributed by atoms with van der Waals surface area (Å²) in [4.78, 5) is 14.8. The van der Waals surface area contributed by atoms with Crippen LogP contribution < -0.4 is 5.32 Å². The summed E-state index contributed by atoms with van der Waals surface area (Å²) in [5, 5.41) is 16.4. The minimum atomic E-state index is -0.487. The van der Waals surface area contributed by atoms with E-state index in [0.717, 1.165) is 28.2 Å². The summed E-state index contributed by atoms with van der Waals surface area (Å²) < 4.78 is 17.1. The van der Waals surface area contributed by atoms with Crippen molar-refractivity contribution in [1.82, 2.24) is 29.7 Å². The van der Waals surface area contributed by atoms with E-state index in [1.54, 1.807) is 16.9 Å². The summed E-state index contributed by atoms with van der Waals surface area (Å²) in [5.74, 6) is -0.487. The van der Waals surface area contributed by atoms with Crippen LogP contribution in [-0.2, 0) is 19.5 Å². The molecule has 0 spiro atoms. The number of amides is 2. The standard InChI is InChI=1S/C28H23ClFN7O/c29-24-15-22(11-12-25(24)30)36-16-21(32-34-36)17-37-26-13-14-35(28(38)31-20-9-5-2-6-10-20)18-23(26)27(33-37)19-7-3-1-4-8-19/h1-12,15-16H,13-14,17-18H2,(H,31,38). The summed E-state index contributed by atoms with van der Waals surface area (Å²) in [6, 6.07) is 23.6. The molecule has 1 N–H and O–H groups in total. The predicted octanol–water partition coefficient (Wildman–Crippen LogP) is 5.56. The number of fused-ring (bicyclic) bond motifs is 1. The van der Waals surface area contributed by atoms with Gasteiger partial charge in [-0.05, 0) is 30.3 Å². The molecule has 190 valence electrons. The zero-order valence-corrected chi connectivity index (χ0v) is 21.0. The molecule has 0 bridgehead atoms. The molecule has 1 aliphatic rings. The van der Waals surface area contributed by atoms with Crippen LogP contribution in [0.25, 0.3) is 16.9 Å². The Labute approximate surface area is 223 Å². The molecule has 2 amide bonds. The van der Waals surface area contributed by atoms with Crippen molar-refractivity contribution in [2.45, 2.75) is 19.5 Å². The maximum absolute atomic E-state index is 13.6. The molecule has 0 radical (unpaired) electrons. The third kappa shape index (κ3) is 4.76. The summed E-state index contributed by atoms with van der Waals surface area (Å²) in [6.45, 7) is 1.41. The van der Waals surface area contributed by atoms with Crippen LogP contribution in [0.15, 0.2) is 85.1 Å². The van der Waals surface area contributed by atoms with Gasteiger partial charge < -0.3 is 10.2 Å². The minimum Gasteiger partial charge on any atom is -0.320 e. The Bertz CT molecular complexity index is 1600. The third-order valence-electron chi connectivity index (χ3n) is 6.51. The number of halogens is 2. The van der Waals surface area contributed by atoms with Gasteiger partial charge in [0.15, 0.2) is 0 Å². The fourth-order valence-electron chi connectivity index (χ4n) is 4.62. The summed E-state index contributed by atoms with van der Waals surface area (Å²) in [5.41, 5.74) is 5.97. The van der Waals surface area contributed by atoms with Gasteiger partial charge in [-0.25, -0.2) is 13.9 Å². The molecule has 10 heteroatoms. The van der Waals surface area contributed by atoms with Gasteiger partial charge in [0.25, 0.3) is 0 Å². The molecule has 0 atom stereocenters. The fourth-order valence-corrected chi connectivity index (χ4v) is 4.80. The highest BCUT2D eigenvalue weighted by atomic mass is 35.5. The van der Waals surface area contributed by atoms with Crippen LogP contribution in [0.3, 0.4) is 0 Å². The molecule has 3 heterocycles. The molecular formula is C28H23ClFN7O. The summed E-state index contributed by atoms with van der Waals surface area (Å²) in [6.07, 6.45) is 2.43. The summed E-state index contributed by atoms with van der Waals surface area (Å²) >= 11 is 5.94. The molecule has 2 aromatic heterocycles. The van der Waals surface area contributed by atoms with E-state index in [-0.39, 0.29) is 11.1 Å². The van der Waals surface area contributed by atoms with Crippen molar-refractivity contribution in [3.8, 4) is 16.9 Å². The second-order valence-corrected chi connectivity index (χ2v) is 9.43. The van der Waals surface area contributed by atoms with Crippen molar-refractivity contribution in [2.24, 2.45) is 0 Å². The van der Waals surface area contributed by atoms with Crippen LogP contribution in [0.5, 0.6) is 0 Å². The Hall–Kier alpha value is -4.50. The highest BCUT2D eigenvalue weighted by molar-refractivity contribution is 6.30. The monoisotopic (exact) mass is 527 g/mol. The maximum Gasteiger partial charge on any atom is 0.322 e. The quantitative estimate of drug-likeness (QED) is 0.324. The van der Waals surface area contributed by atoms with Crippen LogP contribution in [-0.4, -0.2) is 42.3 Å². The van der Waals surface area contributed by atoms with Crippen molar-refractivity contribution < 1.29 is 9.18 Å². The normalized spacial score (nSPS) is 12.8. The second-order valence-electron chi connectivity index (χ2n) is 9.02. The zero-order chi connectivity index (χ0) is 26.1. The van der Waals surface area contributed by atoms with Gasteiger partial charge in [-0.1, -0.05) is 65.3 Å². The lowest BCUT2D eigenvalue weighted by molar-refractivity contribution is 0.206. The van der Waals surface area contributed by atoms with E-state index < -0.39 is 5.82 Å². The number of hydrogen-bond acceptors (Lipinski definition) is 4. The maximum atomic E-state index is 13.6. The molecule has 1 aliphatic heterocycles. The number of nitrogens with one attached hydrogen (secondary N) is 1. The molecular weight excluding hydrogens is 505 g/mol. The van der Waals surface area contributed by atoms with E-state index in [9.17, 15) is 9.18 Å². The third-order valence-corrected chi connectivity index (χ3v) is 6.80. The highest BCUT2D eigenvalue weighted by Gasteiger charge is 2.28. The molecule has 8 nitrogen and oxygen atoms in total. The number of carbonyl (C=O) groups is 1. The second kappa shape index (κ2) is 10.1. The lowest BCUT2D eigenvalue weighted by Gasteiger charge is -2.28. The van der Waals surface area contributed by atoms with Gasteiger partial charge in [-0.3, -0.25) is 4.68 Å². The van der Waals surface area contributed by atoms with Crippen molar-refractivity contribution in [1.29, 1.82) is 0 Å². The largest absolute Gasteiger partial charge is 0.322 e. The van der Waals surface area contributed by atoms with Gasteiger partial charge in [-0.2, -0.15) is 5.10 Å². The number of nitrogens with zero attached hydrogens (tertiary/aromatic N) is 6. The van der Waals surface area contributed by atoms with Crippen LogP contribution in [0.4, 0.5) is 14.9 Å². The zero-order valence-electron chi connectivity index (χ0n) is 20.3. The Morgan fingerprint density at radius 3 is 2.55 bits per heavy atom.